The van der Waals surface area contributed by atoms with Crippen molar-refractivity contribution in [1.29, 1.82) is 0 Å². The van der Waals surface area contributed by atoms with Crippen LogP contribution in [-0.2, 0) is 6.54 Å². The molecular formula is C21H19F2N5O. The fraction of sp³-hybridized carbons (Fsp3) is 0.190. The van der Waals surface area contributed by atoms with Crippen molar-refractivity contribution in [2.24, 2.45) is 4.99 Å². The normalized spacial score (nSPS) is 12.9. The summed E-state index contributed by atoms with van der Waals surface area (Å²) in [4.78, 5) is 8.61. The van der Waals surface area contributed by atoms with Crippen LogP contribution in [0.15, 0.2) is 53.7 Å². The number of fused-ring (bicyclic) bond motifs is 1. The third kappa shape index (κ3) is 3.31. The molecule has 1 unspecified atom stereocenters. The minimum Gasteiger partial charge on any atom is -0.379 e. The van der Waals surface area contributed by atoms with Crippen LogP contribution in [0.25, 0.3) is 16.7 Å². The molecule has 2 aromatic heterocycles. The van der Waals surface area contributed by atoms with Gasteiger partial charge in [0.2, 0.25) is 0 Å². The minimum atomic E-state index is -1.18. The van der Waals surface area contributed by atoms with Crippen molar-refractivity contribution in [1.82, 2.24) is 19.3 Å². The number of aromatic nitrogens is 4. The highest BCUT2D eigenvalue weighted by Gasteiger charge is 2.24. The highest BCUT2D eigenvalue weighted by molar-refractivity contribution is 5.87. The number of benzene rings is 2. The number of aliphatic hydroxyl groups excluding tert-OH is 1. The molecule has 0 fully saturated rings. The van der Waals surface area contributed by atoms with Crippen molar-refractivity contribution in [3.8, 4) is 5.69 Å². The molecule has 2 heterocycles. The van der Waals surface area contributed by atoms with Gasteiger partial charge < -0.3 is 9.67 Å². The average Bonchev–Trinajstić information content (AvgIpc) is 3.33. The van der Waals surface area contributed by atoms with Crippen LogP contribution < -0.4 is 0 Å². The summed E-state index contributed by atoms with van der Waals surface area (Å²) >= 11 is 0. The monoisotopic (exact) mass is 395 g/mol. The van der Waals surface area contributed by atoms with Crippen LogP contribution in [-0.4, -0.2) is 37.7 Å². The van der Waals surface area contributed by atoms with E-state index in [0.717, 1.165) is 29.3 Å². The van der Waals surface area contributed by atoms with E-state index in [1.165, 1.54) is 10.9 Å². The molecule has 1 N–H and O–H groups in total. The van der Waals surface area contributed by atoms with Gasteiger partial charge in [-0.3, -0.25) is 4.99 Å². The van der Waals surface area contributed by atoms with Gasteiger partial charge in [-0.2, -0.15) is 5.10 Å². The van der Waals surface area contributed by atoms with Gasteiger partial charge in [0.1, 0.15) is 23.1 Å². The molecule has 0 aliphatic heterocycles. The smallest absolute Gasteiger partial charge is 0.154 e. The second-order valence-corrected chi connectivity index (χ2v) is 6.52. The van der Waals surface area contributed by atoms with Crippen LogP contribution in [0.1, 0.15) is 30.1 Å². The lowest BCUT2D eigenvalue weighted by Gasteiger charge is -2.15. The molecule has 4 rings (SSSR count). The Labute approximate surface area is 165 Å². The van der Waals surface area contributed by atoms with E-state index in [1.807, 2.05) is 29.7 Å². The summed E-state index contributed by atoms with van der Waals surface area (Å²) in [5, 5.41) is 15.2. The van der Waals surface area contributed by atoms with Crippen molar-refractivity contribution in [3.05, 3.63) is 77.4 Å². The van der Waals surface area contributed by atoms with Crippen molar-refractivity contribution < 1.29 is 13.9 Å². The fourth-order valence-corrected chi connectivity index (χ4v) is 3.44. The first-order valence-corrected chi connectivity index (χ1v) is 9.13. The molecule has 0 amide bonds. The Morgan fingerprint density at radius 2 is 2.00 bits per heavy atom. The molecule has 0 radical (unpaired) electrons. The molecule has 0 aliphatic carbocycles. The maximum absolute atomic E-state index is 14.3. The summed E-state index contributed by atoms with van der Waals surface area (Å²) in [5.41, 5.74) is 2.67. The highest BCUT2D eigenvalue weighted by Crippen LogP contribution is 2.28. The second kappa shape index (κ2) is 7.56. The van der Waals surface area contributed by atoms with Gasteiger partial charge in [-0.1, -0.05) is 6.07 Å². The number of aliphatic hydroxyl groups is 1. The lowest BCUT2D eigenvalue weighted by atomic mass is 10.2. The van der Waals surface area contributed by atoms with Crippen LogP contribution in [0.5, 0.6) is 0 Å². The van der Waals surface area contributed by atoms with Gasteiger partial charge in [0.15, 0.2) is 6.10 Å². The summed E-state index contributed by atoms with van der Waals surface area (Å²) < 4.78 is 31.0. The standard InChI is InChI=1S/C21H19F2N5O/c1-3-27-17-7-4-13(12-24-2)10-16(17)26-21(27)20(29)18-8-9-25-28(18)19-11-14(22)5-6-15(19)23/h4-12,20,29H,3H2,1-2H3. The first-order valence-electron chi connectivity index (χ1n) is 9.13. The van der Waals surface area contributed by atoms with E-state index in [-0.39, 0.29) is 11.4 Å². The molecule has 0 spiro atoms. The first-order chi connectivity index (χ1) is 14.0. The van der Waals surface area contributed by atoms with E-state index >= 15 is 0 Å². The SMILES string of the molecule is CCn1c(C(O)c2ccnn2-c2cc(F)ccc2F)nc2cc(C=NC)ccc21. The van der Waals surface area contributed by atoms with Gasteiger partial charge in [-0.05, 0) is 42.8 Å². The van der Waals surface area contributed by atoms with E-state index in [4.69, 9.17) is 0 Å². The summed E-state index contributed by atoms with van der Waals surface area (Å²) in [6, 6.07) is 10.4. The number of hydrogen-bond acceptors (Lipinski definition) is 4. The van der Waals surface area contributed by atoms with Crippen LogP contribution in [0.4, 0.5) is 8.78 Å². The predicted molar refractivity (Wildman–Crippen MR) is 106 cm³/mol. The van der Waals surface area contributed by atoms with Crippen LogP contribution in [0.3, 0.4) is 0 Å². The van der Waals surface area contributed by atoms with Crippen molar-refractivity contribution in [2.45, 2.75) is 19.6 Å². The van der Waals surface area contributed by atoms with E-state index in [1.54, 1.807) is 19.3 Å². The Morgan fingerprint density at radius 1 is 1.17 bits per heavy atom. The number of nitrogens with zero attached hydrogens (tertiary/aromatic N) is 5. The van der Waals surface area contributed by atoms with Crippen LogP contribution in [0, 0.1) is 11.6 Å². The quantitative estimate of drug-likeness (QED) is 0.525. The summed E-state index contributed by atoms with van der Waals surface area (Å²) in [6.45, 7) is 2.52. The molecular weight excluding hydrogens is 376 g/mol. The van der Waals surface area contributed by atoms with Gasteiger partial charge in [-0.25, -0.2) is 18.4 Å². The summed E-state index contributed by atoms with van der Waals surface area (Å²) in [5.74, 6) is -0.842. The third-order valence-electron chi connectivity index (χ3n) is 4.73. The third-order valence-corrected chi connectivity index (χ3v) is 4.73. The van der Waals surface area contributed by atoms with E-state index in [2.05, 4.69) is 15.1 Å². The van der Waals surface area contributed by atoms with Crippen molar-refractivity contribution >= 4 is 17.2 Å². The number of aryl methyl sites for hydroxylation is 1. The van der Waals surface area contributed by atoms with Gasteiger partial charge in [0.25, 0.3) is 0 Å². The number of imidazole rings is 1. The van der Waals surface area contributed by atoms with Gasteiger partial charge in [0.05, 0.1) is 16.7 Å². The van der Waals surface area contributed by atoms with Crippen LogP contribution in [0.2, 0.25) is 0 Å². The Kier molecular flexibility index (Phi) is 4.94. The number of hydrogen-bond donors (Lipinski definition) is 1. The molecule has 0 bridgehead atoms. The molecule has 4 aromatic rings. The Morgan fingerprint density at radius 3 is 2.76 bits per heavy atom. The highest BCUT2D eigenvalue weighted by atomic mass is 19.1. The molecule has 1 atom stereocenters. The van der Waals surface area contributed by atoms with E-state index < -0.39 is 17.7 Å². The molecule has 148 valence electrons. The van der Waals surface area contributed by atoms with E-state index in [0.29, 0.717) is 17.9 Å². The van der Waals surface area contributed by atoms with Crippen molar-refractivity contribution in [3.63, 3.8) is 0 Å². The lowest BCUT2D eigenvalue weighted by molar-refractivity contribution is 0.197. The summed E-state index contributed by atoms with van der Waals surface area (Å²) in [6.07, 6.45) is 1.97. The maximum atomic E-state index is 14.3. The number of aliphatic imine (C=N–C) groups is 1. The molecule has 2 aromatic carbocycles. The van der Waals surface area contributed by atoms with Gasteiger partial charge >= 0.3 is 0 Å². The van der Waals surface area contributed by atoms with Crippen LogP contribution >= 0.6 is 0 Å². The van der Waals surface area contributed by atoms with E-state index in [9.17, 15) is 13.9 Å². The molecule has 6 nitrogen and oxygen atoms in total. The molecule has 0 saturated heterocycles. The molecule has 0 saturated carbocycles. The number of rotatable bonds is 5. The fourth-order valence-electron chi connectivity index (χ4n) is 3.44. The second-order valence-electron chi connectivity index (χ2n) is 6.52. The zero-order valence-electron chi connectivity index (χ0n) is 15.9. The molecule has 0 aliphatic rings. The van der Waals surface area contributed by atoms with Crippen molar-refractivity contribution in [2.75, 3.05) is 7.05 Å². The van der Waals surface area contributed by atoms with Gasteiger partial charge in [-0.15, -0.1) is 0 Å². The Bertz CT molecular complexity index is 1210. The zero-order chi connectivity index (χ0) is 20.5. The Balaban J connectivity index is 1.84. The average molecular weight is 395 g/mol. The largest absolute Gasteiger partial charge is 0.379 e. The van der Waals surface area contributed by atoms with Gasteiger partial charge in [0, 0.05) is 32.1 Å². The topological polar surface area (TPSA) is 68.2 Å². The maximum Gasteiger partial charge on any atom is 0.154 e. The zero-order valence-corrected chi connectivity index (χ0v) is 15.9. The molecule has 29 heavy (non-hydrogen) atoms. The molecule has 8 heteroatoms. The number of halogens is 2. The first kappa shape index (κ1) is 18.9. The minimum absolute atomic E-state index is 0.0790. The Hall–Kier alpha value is -3.39. The lowest BCUT2D eigenvalue weighted by Crippen LogP contribution is -2.14. The summed E-state index contributed by atoms with van der Waals surface area (Å²) in [7, 11) is 1.69. The predicted octanol–water partition coefficient (Wildman–Crippen LogP) is 3.65.